The van der Waals surface area contributed by atoms with Crippen molar-refractivity contribution in [2.24, 2.45) is 0 Å². The van der Waals surface area contributed by atoms with Gasteiger partial charge in [-0.3, -0.25) is 4.48 Å². The van der Waals surface area contributed by atoms with Crippen molar-refractivity contribution in [2.75, 3.05) is 13.6 Å². The summed E-state index contributed by atoms with van der Waals surface area (Å²) in [5, 5.41) is 0. The van der Waals surface area contributed by atoms with Crippen molar-refractivity contribution < 1.29 is 0 Å². The molecule has 0 aliphatic carbocycles. The number of para-hydroxylation sites is 2. The van der Waals surface area contributed by atoms with Gasteiger partial charge in [0.25, 0.3) is 0 Å². The quantitative estimate of drug-likeness (QED) is 0.377. The first-order valence-electron chi connectivity index (χ1n) is 7.35. The highest BCUT2D eigenvalue weighted by atomic mass is 15.3. The lowest BCUT2D eigenvalue weighted by molar-refractivity contribution is 0.446. The maximum atomic E-state index is 2.31. The second-order valence-corrected chi connectivity index (χ2v) is 5.30. The van der Waals surface area contributed by atoms with Crippen molar-refractivity contribution in [1.29, 1.82) is 0 Å². The molecule has 0 aliphatic rings. The van der Waals surface area contributed by atoms with E-state index in [9.17, 15) is 0 Å². The molecular formula is C19H24N+. The van der Waals surface area contributed by atoms with E-state index < -0.39 is 0 Å². The highest BCUT2D eigenvalue weighted by Gasteiger charge is 2.26. The number of allylic oxidation sites excluding steroid dienone is 2. The molecule has 0 bridgehead atoms. The van der Waals surface area contributed by atoms with E-state index >= 15 is 0 Å². The number of hydrogen-bond acceptors (Lipinski definition) is 0. The molecule has 0 radical (unpaired) electrons. The number of unbranched alkanes of at least 4 members (excludes halogenated alkanes) is 1. The molecule has 0 saturated heterocycles. The van der Waals surface area contributed by atoms with E-state index in [2.05, 4.69) is 86.8 Å². The Bertz CT molecular complexity index is 489. The van der Waals surface area contributed by atoms with Crippen LogP contribution in [-0.2, 0) is 0 Å². The molecule has 0 amide bonds. The summed E-state index contributed by atoms with van der Waals surface area (Å²) in [7, 11) is 2.31. The van der Waals surface area contributed by atoms with E-state index in [1.807, 2.05) is 0 Å². The molecule has 0 unspecified atom stereocenters. The Morgan fingerprint density at radius 2 is 1.35 bits per heavy atom. The van der Waals surface area contributed by atoms with Gasteiger partial charge in [0.2, 0.25) is 0 Å². The van der Waals surface area contributed by atoms with Gasteiger partial charge in [0.1, 0.15) is 11.4 Å². The van der Waals surface area contributed by atoms with E-state index in [-0.39, 0.29) is 0 Å². The van der Waals surface area contributed by atoms with Gasteiger partial charge in [0.05, 0.1) is 13.6 Å². The van der Waals surface area contributed by atoms with Crippen LogP contribution in [0.3, 0.4) is 0 Å². The smallest absolute Gasteiger partial charge is 0.137 e. The van der Waals surface area contributed by atoms with E-state index in [1.165, 1.54) is 17.8 Å². The van der Waals surface area contributed by atoms with Crippen LogP contribution in [0, 0.1) is 0 Å². The molecule has 1 heteroatoms. The van der Waals surface area contributed by atoms with Crippen molar-refractivity contribution in [3.05, 3.63) is 72.8 Å². The third-order valence-corrected chi connectivity index (χ3v) is 3.86. The Morgan fingerprint density at radius 3 is 1.80 bits per heavy atom. The Labute approximate surface area is 122 Å². The highest BCUT2D eigenvalue weighted by Crippen LogP contribution is 2.32. The Balaban J connectivity index is 2.29. The standard InChI is InChI=1S/C19H24N/c1-3-4-5-12-17-20(2,18-13-8-6-9-14-18)19-15-10-7-11-16-19/h3-4,6-11,13-16H,5,12,17H2,1-2H3/q+1/b4-3+. The maximum Gasteiger partial charge on any atom is 0.137 e. The van der Waals surface area contributed by atoms with Crippen LogP contribution < -0.4 is 4.48 Å². The normalized spacial score (nSPS) is 11.9. The van der Waals surface area contributed by atoms with Crippen LogP contribution in [0.1, 0.15) is 19.8 Å². The first kappa shape index (κ1) is 14.5. The molecule has 104 valence electrons. The number of rotatable bonds is 6. The summed E-state index contributed by atoms with van der Waals surface area (Å²) in [4.78, 5) is 0. The van der Waals surface area contributed by atoms with Crippen molar-refractivity contribution in [3.63, 3.8) is 0 Å². The summed E-state index contributed by atoms with van der Waals surface area (Å²) in [6.07, 6.45) is 6.71. The minimum Gasteiger partial charge on any atom is -0.261 e. The molecule has 0 aliphatic heterocycles. The Hall–Kier alpha value is -1.86. The molecule has 0 spiro atoms. The average molecular weight is 266 g/mol. The number of benzene rings is 2. The molecule has 2 aromatic rings. The van der Waals surface area contributed by atoms with Crippen molar-refractivity contribution in [2.45, 2.75) is 19.8 Å². The minimum atomic E-state index is 0.860. The van der Waals surface area contributed by atoms with Crippen LogP contribution in [-0.4, -0.2) is 13.6 Å². The Kier molecular flexibility index (Phi) is 5.14. The molecule has 0 atom stereocenters. The number of quaternary nitrogens is 1. The second-order valence-electron chi connectivity index (χ2n) is 5.30. The molecule has 0 fully saturated rings. The van der Waals surface area contributed by atoms with Crippen LogP contribution in [0.2, 0.25) is 0 Å². The van der Waals surface area contributed by atoms with Gasteiger partial charge in [0.15, 0.2) is 0 Å². The summed E-state index contributed by atoms with van der Waals surface area (Å²) in [5.41, 5.74) is 2.69. The summed E-state index contributed by atoms with van der Waals surface area (Å²) in [5.74, 6) is 0. The van der Waals surface area contributed by atoms with Gasteiger partial charge in [0, 0.05) is 6.42 Å². The molecule has 0 saturated carbocycles. The van der Waals surface area contributed by atoms with Crippen LogP contribution in [0.15, 0.2) is 72.8 Å². The predicted octanol–water partition coefficient (Wildman–Crippen LogP) is 5.31. The minimum absolute atomic E-state index is 0.860. The van der Waals surface area contributed by atoms with Gasteiger partial charge < -0.3 is 0 Å². The van der Waals surface area contributed by atoms with Crippen LogP contribution in [0.4, 0.5) is 11.4 Å². The van der Waals surface area contributed by atoms with E-state index in [0.29, 0.717) is 0 Å². The summed E-state index contributed by atoms with van der Waals surface area (Å²) in [6.45, 7) is 3.20. The van der Waals surface area contributed by atoms with Crippen LogP contribution in [0.25, 0.3) is 0 Å². The zero-order valence-corrected chi connectivity index (χ0v) is 12.5. The first-order valence-corrected chi connectivity index (χ1v) is 7.35. The Morgan fingerprint density at radius 1 is 0.850 bits per heavy atom. The molecule has 0 heterocycles. The van der Waals surface area contributed by atoms with Gasteiger partial charge >= 0.3 is 0 Å². The highest BCUT2D eigenvalue weighted by molar-refractivity contribution is 5.57. The maximum absolute atomic E-state index is 2.31. The van der Waals surface area contributed by atoms with E-state index in [1.54, 1.807) is 0 Å². The largest absolute Gasteiger partial charge is 0.261 e. The van der Waals surface area contributed by atoms with Gasteiger partial charge in [-0.2, -0.15) is 0 Å². The lowest BCUT2D eigenvalue weighted by Crippen LogP contribution is -2.40. The molecule has 1 nitrogen and oxygen atoms in total. The molecule has 20 heavy (non-hydrogen) atoms. The monoisotopic (exact) mass is 266 g/mol. The summed E-state index contributed by atoms with van der Waals surface area (Å²) in [6, 6.07) is 21.6. The third kappa shape index (κ3) is 3.37. The predicted molar refractivity (Wildman–Crippen MR) is 89.2 cm³/mol. The van der Waals surface area contributed by atoms with Crippen molar-refractivity contribution >= 4 is 11.4 Å². The molecule has 0 aromatic heterocycles. The van der Waals surface area contributed by atoms with Gasteiger partial charge in [-0.25, -0.2) is 0 Å². The van der Waals surface area contributed by atoms with Gasteiger partial charge in [-0.15, -0.1) is 0 Å². The fraction of sp³-hybridized carbons (Fsp3) is 0.263. The number of hydrogen-bond donors (Lipinski definition) is 0. The molecular weight excluding hydrogens is 242 g/mol. The van der Waals surface area contributed by atoms with E-state index in [0.717, 1.165) is 17.4 Å². The second kappa shape index (κ2) is 7.06. The topological polar surface area (TPSA) is 0 Å². The lowest BCUT2D eigenvalue weighted by atomic mass is 10.1. The molecule has 2 rings (SSSR count). The first-order chi connectivity index (χ1) is 9.77. The summed E-state index contributed by atoms with van der Waals surface area (Å²) < 4.78 is 0.860. The fourth-order valence-corrected chi connectivity index (χ4v) is 2.61. The van der Waals surface area contributed by atoms with Crippen LogP contribution in [0.5, 0.6) is 0 Å². The SMILES string of the molecule is C/C=C/CCC[N+](C)(c1ccccc1)c1ccccc1. The van der Waals surface area contributed by atoms with Crippen molar-refractivity contribution in [1.82, 2.24) is 4.48 Å². The zero-order valence-electron chi connectivity index (χ0n) is 12.5. The molecule has 0 N–H and O–H groups in total. The third-order valence-electron chi connectivity index (χ3n) is 3.86. The van der Waals surface area contributed by atoms with Crippen molar-refractivity contribution in [3.8, 4) is 0 Å². The van der Waals surface area contributed by atoms with Gasteiger partial charge in [-0.05, 0) is 37.6 Å². The fourth-order valence-electron chi connectivity index (χ4n) is 2.61. The lowest BCUT2D eigenvalue weighted by Gasteiger charge is -2.33. The number of nitrogens with zero attached hydrogens (tertiary/aromatic N) is 1. The van der Waals surface area contributed by atoms with E-state index in [4.69, 9.17) is 0 Å². The van der Waals surface area contributed by atoms with Gasteiger partial charge in [-0.1, -0.05) is 48.6 Å². The molecule has 2 aromatic carbocycles. The van der Waals surface area contributed by atoms with Crippen LogP contribution >= 0.6 is 0 Å². The summed E-state index contributed by atoms with van der Waals surface area (Å²) >= 11 is 0. The average Bonchev–Trinajstić information content (AvgIpc) is 2.53. The zero-order chi connectivity index (χ0) is 14.3.